The van der Waals surface area contributed by atoms with Crippen LogP contribution in [0.4, 0.5) is 4.39 Å². The summed E-state index contributed by atoms with van der Waals surface area (Å²) < 4.78 is 17.9. The van der Waals surface area contributed by atoms with Gasteiger partial charge >= 0.3 is 0 Å². The van der Waals surface area contributed by atoms with Crippen molar-refractivity contribution in [1.82, 2.24) is 20.2 Å². The van der Waals surface area contributed by atoms with Crippen LogP contribution in [0.1, 0.15) is 12.1 Å². The molecule has 0 amide bonds. The minimum atomic E-state index is -0.312. The number of piperazine rings is 1. The fraction of sp³-hybridized carbons (Fsp3) is 0.533. The Bertz CT molecular complexity index is 636. The normalized spacial score (nSPS) is 19.8. The molecule has 0 unspecified atom stereocenters. The maximum Gasteiger partial charge on any atom is 0.189 e. The van der Waals surface area contributed by atoms with E-state index >= 15 is 0 Å². The van der Waals surface area contributed by atoms with Gasteiger partial charge in [-0.15, -0.1) is 0 Å². The molecule has 1 aromatic heterocycles. The molecule has 24 heavy (non-hydrogen) atoms. The molecule has 0 atom stereocenters. The molecular formula is C15H19ClFN5OS. The predicted octanol–water partition coefficient (Wildman–Crippen LogP) is 1.68. The largest absolute Gasteiger partial charge is 0.489 e. The number of alkyl halides is 1. The first kappa shape index (κ1) is 17.3. The van der Waals surface area contributed by atoms with Gasteiger partial charge in [0.15, 0.2) is 10.9 Å². The topological polar surface area (TPSA) is 53.0 Å². The Morgan fingerprint density at radius 2 is 2.21 bits per heavy atom. The van der Waals surface area contributed by atoms with E-state index in [1.807, 2.05) is 4.90 Å². The molecule has 2 aliphatic rings. The number of ether oxygens (including phenoxy) is 1. The SMILES string of the molecule is FCCN1CCN(C(=S)N/N=C2/CCOc3c(Cl)ccnc32)CC1. The van der Waals surface area contributed by atoms with Crippen LogP contribution in [0, 0.1) is 0 Å². The molecule has 2 aliphatic heterocycles. The number of hydrazone groups is 1. The van der Waals surface area contributed by atoms with Crippen molar-refractivity contribution in [3.63, 3.8) is 0 Å². The molecule has 3 heterocycles. The Hall–Kier alpha value is -1.51. The van der Waals surface area contributed by atoms with Crippen LogP contribution in [-0.4, -0.2) is 71.6 Å². The maximum atomic E-state index is 12.4. The fourth-order valence-corrected chi connectivity index (χ4v) is 3.15. The van der Waals surface area contributed by atoms with Crippen LogP contribution in [0.5, 0.6) is 5.75 Å². The van der Waals surface area contributed by atoms with Crippen LogP contribution in [-0.2, 0) is 0 Å². The van der Waals surface area contributed by atoms with E-state index in [2.05, 4.69) is 20.4 Å². The van der Waals surface area contributed by atoms with Crippen LogP contribution in [0.3, 0.4) is 0 Å². The van der Waals surface area contributed by atoms with Gasteiger partial charge in [0, 0.05) is 45.3 Å². The van der Waals surface area contributed by atoms with Crippen molar-refractivity contribution in [2.24, 2.45) is 5.10 Å². The zero-order valence-corrected chi connectivity index (χ0v) is 14.7. The van der Waals surface area contributed by atoms with E-state index in [1.54, 1.807) is 12.3 Å². The average Bonchev–Trinajstić information content (AvgIpc) is 2.61. The molecule has 0 bridgehead atoms. The average molecular weight is 372 g/mol. The molecule has 3 rings (SSSR count). The lowest BCUT2D eigenvalue weighted by molar-refractivity contribution is 0.170. The first-order valence-electron chi connectivity index (χ1n) is 7.86. The molecule has 1 saturated heterocycles. The van der Waals surface area contributed by atoms with E-state index in [4.69, 9.17) is 28.6 Å². The van der Waals surface area contributed by atoms with E-state index in [0.717, 1.165) is 31.9 Å². The summed E-state index contributed by atoms with van der Waals surface area (Å²) in [6.07, 6.45) is 2.27. The van der Waals surface area contributed by atoms with E-state index in [9.17, 15) is 4.39 Å². The highest BCUT2D eigenvalue weighted by molar-refractivity contribution is 7.80. The van der Waals surface area contributed by atoms with Gasteiger partial charge in [0.05, 0.1) is 17.3 Å². The Labute approximate surface area is 150 Å². The molecule has 9 heteroatoms. The van der Waals surface area contributed by atoms with Crippen LogP contribution in [0.15, 0.2) is 17.4 Å². The van der Waals surface area contributed by atoms with Crippen molar-refractivity contribution < 1.29 is 9.13 Å². The summed E-state index contributed by atoms with van der Waals surface area (Å²) in [5.41, 5.74) is 4.37. The lowest BCUT2D eigenvalue weighted by Gasteiger charge is -2.35. The Morgan fingerprint density at radius 1 is 1.42 bits per heavy atom. The number of nitrogens with one attached hydrogen (secondary N) is 1. The summed E-state index contributed by atoms with van der Waals surface area (Å²) in [7, 11) is 0. The number of fused-ring (bicyclic) bond motifs is 1. The van der Waals surface area contributed by atoms with E-state index in [1.165, 1.54) is 0 Å². The van der Waals surface area contributed by atoms with Crippen LogP contribution >= 0.6 is 23.8 Å². The van der Waals surface area contributed by atoms with Crippen molar-refractivity contribution in [2.75, 3.05) is 46.0 Å². The summed E-state index contributed by atoms with van der Waals surface area (Å²) in [5.74, 6) is 0.566. The van der Waals surface area contributed by atoms with Gasteiger partial charge in [0.2, 0.25) is 0 Å². The first-order valence-corrected chi connectivity index (χ1v) is 8.65. The third kappa shape index (κ3) is 3.93. The monoisotopic (exact) mass is 371 g/mol. The number of hydrogen-bond donors (Lipinski definition) is 1. The van der Waals surface area contributed by atoms with Gasteiger partial charge in [-0.05, 0) is 18.3 Å². The summed E-state index contributed by atoms with van der Waals surface area (Å²) in [5, 5.41) is 5.50. The minimum Gasteiger partial charge on any atom is -0.489 e. The van der Waals surface area contributed by atoms with Gasteiger partial charge in [-0.1, -0.05) is 11.6 Å². The van der Waals surface area contributed by atoms with E-state index in [-0.39, 0.29) is 6.67 Å². The van der Waals surface area contributed by atoms with Gasteiger partial charge in [-0.25, -0.2) is 4.39 Å². The van der Waals surface area contributed by atoms with E-state index in [0.29, 0.717) is 41.2 Å². The molecule has 0 saturated carbocycles. The van der Waals surface area contributed by atoms with Crippen molar-refractivity contribution in [1.29, 1.82) is 0 Å². The second kappa shape index (κ2) is 8.04. The van der Waals surface area contributed by atoms with Crippen LogP contribution < -0.4 is 10.2 Å². The summed E-state index contributed by atoms with van der Waals surface area (Å²) >= 11 is 11.5. The van der Waals surface area contributed by atoms with Gasteiger partial charge in [-0.2, -0.15) is 5.10 Å². The smallest absolute Gasteiger partial charge is 0.189 e. The molecule has 130 valence electrons. The molecule has 0 aromatic carbocycles. The molecular weight excluding hydrogens is 353 g/mol. The quantitative estimate of drug-likeness (QED) is 0.644. The fourth-order valence-electron chi connectivity index (χ4n) is 2.72. The first-order chi connectivity index (χ1) is 11.7. The molecule has 1 aromatic rings. The maximum absolute atomic E-state index is 12.4. The summed E-state index contributed by atoms with van der Waals surface area (Å²) in [6, 6.07) is 1.69. The lowest BCUT2D eigenvalue weighted by atomic mass is 10.1. The summed E-state index contributed by atoms with van der Waals surface area (Å²) in [4.78, 5) is 8.43. The van der Waals surface area contributed by atoms with Crippen molar-refractivity contribution >= 4 is 34.6 Å². The molecule has 0 spiro atoms. The minimum absolute atomic E-state index is 0.312. The van der Waals surface area contributed by atoms with Gasteiger partial charge in [0.1, 0.15) is 12.4 Å². The van der Waals surface area contributed by atoms with Crippen LogP contribution in [0.2, 0.25) is 5.02 Å². The van der Waals surface area contributed by atoms with Crippen molar-refractivity contribution in [3.05, 3.63) is 23.0 Å². The number of rotatable bonds is 3. The standard InChI is InChI=1S/C15H19ClFN5OS/c16-11-1-4-18-13-12(2-10-23-14(11)13)19-20-15(24)22-8-6-21(5-3-17)7-9-22/h1,4H,2-3,5-10H2,(H,20,24)/b19-12-. The highest BCUT2D eigenvalue weighted by Crippen LogP contribution is 2.30. The third-order valence-corrected chi connectivity index (χ3v) is 4.71. The third-order valence-electron chi connectivity index (χ3n) is 4.06. The number of pyridine rings is 1. The second-order valence-corrected chi connectivity index (χ2v) is 6.36. The predicted molar refractivity (Wildman–Crippen MR) is 95.6 cm³/mol. The van der Waals surface area contributed by atoms with Gasteiger partial charge < -0.3 is 9.64 Å². The molecule has 6 nitrogen and oxygen atoms in total. The van der Waals surface area contributed by atoms with E-state index < -0.39 is 0 Å². The zero-order chi connectivity index (χ0) is 16.9. The molecule has 0 radical (unpaired) electrons. The molecule has 0 aliphatic carbocycles. The molecule has 1 N–H and O–H groups in total. The Kier molecular flexibility index (Phi) is 5.80. The van der Waals surface area contributed by atoms with Crippen LogP contribution in [0.25, 0.3) is 0 Å². The Morgan fingerprint density at radius 3 is 2.96 bits per heavy atom. The lowest BCUT2D eigenvalue weighted by Crippen LogP contribution is -2.51. The van der Waals surface area contributed by atoms with Crippen molar-refractivity contribution in [3.8, 4) is 5.75 Å². The Balaban J connectivity index is 1.61. The molecule has 1 fully saturated rings. The van der Waals surface area contributed by atoms with Gasteiger partial charge in [-0.3, -0.25) is 15.3 Å². The summed E-state index contributed by atoms with van der Waals surface area (Å²) in [6.45, 7) is 3.81. The number of halogens is 2. The number of hydrogen-bond acceptors (Lipinski definition) is 5. The highest BCUT2D eigenvalue weighted by Gasteiger charge is 2.22. The zero-order valence-electron chi connectivity index (χ0n) is 13.2. The second-order valence-electron chi connectivity index (χ2n) is 5.56. The number of thiocarbonyl (C=S) groups is 1. The number of nitrogens with zero attached hydrogens (tertiary/aromatic N) is 4. The van der Waals surface area contributed by atoms with Gasteiger partial charge in [0.25, 0.3) is 0 Å². The number of aromatic nitrogens is 1. The van der Waals surface area contributed by atoms with Crippen molar-refractivity contribution in [2.45, 2.75) is 6.42 Å². The highest BCUT2D eigenvalue weighted by atomic mass is 35.5.